The van der Waals surface area contributed by atoms with E-state index in [1.165, 1.54) is 16.0 Å². The second kappa shape index (κ2) is 8.53. The summed E-state index contributed by atoms with van der Waals surface area (Å²) >= 11 is 1.72. The van der Waals surface area contributed by atoms with Gasteiger partial charge in [0.25, 0.3) is 0 Å². The summed E-state index contributed by atoms with van der Waals surface area (Å²) < 4.78 is 5.67. The van der Waals surface area contributed by atoms with Gasteiger partial charge in [-0.2, -0.15) is 0 Å². The molecule has 0 saturated carbocycles. The predicted octanol–water partition coefficient (Wildman–Crippen LogP) is 7.82. The molecule has 146 valence electrons. The van der Waals surface area contributed by atoms with Crippen molar-refractivity contribution in [2.45, 2.75) is 19.8 Å². The highest BCUT2D eigenvalue weighted by Gasteiger charge is 2.11. The van der Waals surface area contributed by atoms with Gasteiger partial charge in [0, 0.05) is 17.4 Å². The molecule has 1 heterocycles. The summed E-state index contributed by atoms with van der Waals surface area (Å²) in [6.45, 7) is 6.01. The Kier molecular flexibility index (Phi) is 5.67. The highest BCUT2D eigenvalue weighted by Crippen LogP contribution is 2.37. The summed E-state index contributed by atoms with van der Waals surface area (Å²) in [6.07, 6.45) is 10.9. The number of rotatable bonds is 5. The molecule has 0 fully saturated rings. The zero-order chi connectivity index (χ0) is 20.2. The SMILES string of the molecule is C=C=C(/C=C/c1cc(C)c(OC)c(-c2cccs2)c1)c1ccc2c(c1)C=CCC2.[HH]. The Morgan fingerprint density at radius 2 is 2.14 bits per heavy atom. The lowest BCUT2D eigenvalue weighted by Gasteiger charge is -2.13. The van der Waals surface area contributed by atoms with Crippen molar-refractivity contribution in [2.24, 2.45) is 0 Å². The van der Waals surface area contributed by atoms with Gasteiger partial charge in [0.2, 0.25) is 0 Å². The number of fused-ring (bicyclic) bond motifs is 1. The molecule has 0 saturated heterocycles. The molecule has 3 aromatic rings. The van der Waals surface area contributed by atoms with Crippen molar-refractivity contribution in [3.8, 4) is 16.2 Å². The first-order valence-corrected chi connectivity index (χ1v) is 10.7. The van der Waals surface area contributed by atoms with Crippen molar-refractivity contribution >= 4 is 29.1 Å². The maximum absolute atomic E-state index is 5.67. The van der Waals surface area contributed by atoms with Gasteiger partial charge >= 0.3 is 0 Å². The number of benzene rings is 2. The first kappa shape index (κ1) is 19.3. The van der Waals surface area contributed by atoms with Gasteiger partial charge in [0.05, 0.1) is 7.11 Å². The standard InChI is InChI=1S/C27H24OS.H2/c1-4-21(24-14-13-22-8-5-6-9-23(22)18-24)12-11-20-16-19(2)27(28-3)25(17-20)26-10-7-15-29-26;/h6-7,9-18H,1,5,8H2,2-3H3;1H/b12-11+;. The fourth-order valence-corrected chi connectivity index (χ4v) is 4.55. The van der Waals surface area contributed by atoms with Crippen LogP contribution in [0.5, 0.6) is 5.75 Å². The number of thiophene rings is 1. The largest absolute Gasteiger partial charge is 0.496 e. The normalized spacial score (nSPS) is 12.6. The molecule has 29 heavy (non-hydrogen) atoms. The first-order chi connectivity index (χ1) is 14.2. The third-order valence-electron chi connectivity index (χ3n) is 5.26. The number of ether oxygens (including phenoxy) is 1. The van der Waals surface area contributed by atoms with Crippen molar-refractivity contribution < 1.29 is 6.16 Å². The Hall–Kier alpha value is -3.06. The highest BCUT2D eigenvalue weighted by atomic mass is 32.1. The van der Waals surface area contributed by atoms with Gasteiger partial charge in [0.15, 0.2) is 0 Å². The highest BCUT2D eigenvalue weighted by molar-refractivity contribution is 7.13. The smallest absolute Gasteiger partial charge is 0.130 e. The fourth-order valence-electron chi connectivity index (χ4n) is 3.82. The van der Waals surface area contributed by atoms with E-state index < -0.39 is 0 Å². The first-order valence-electron chi connectivity index (χ1n) is 9.80. The molecular formula is C27H26OS. The number of methoxy groups -OCH3 is 1. The molecule has 4 rings (SSSR count). The van der Waals surface area contributed by atoms with Gasteiger partial charge in [-0.3, -0.25) is 0 Å². The Labute approximate surface area is 178 Å². The van der Waals surface area contributed by atoms with E-state index in [4.69, 9.17) is 4.74 Å². The zero-order valence-corrected chi connectivity index (χ0v) is 17.7. The van der Waals surface area contributed by atoms with Crippen LogP contribution in [0.25, 0.3) is 28.2 Å². The van der Waals surface area contributed by atoms with E-state index in [-0.39, 0.29) is 1.43 Å². The van der Waals surface area contributed by atoms with Gasteiger partial charge in [-0.05, 0) is 83.3 Å². The molecule has 1 aliphatic rings. The summed E-state index contributed by atoms with van der Waals surface area (Å²) in [5, 5.41) is 2.09. The third kappa shape index (κ3) is 4.05. The Balaban J connectivity index is 0.00000256. The fraction of sp³-hybridized carbons (Fsp3) is 0.148. The van der Waals surface area contributed by atoms with Crippen LogP contribution in [0.4, 0.5) is 0 Å². The van der Waals surface area contributed by atoms with Crippen LogP contribution in [0.2, 0.25) is 0 Å². The lowest BCUT2D eigenvalue weighted by molar-refractivity contribution is 0.413. The molecule has 0 amide bonds. The maximum Gasteiger partial charge on any atom is 0.130 e. The van der Waals surface area contributed by atoms with Crippen molar-refractivity contribution in [1.82, 2.24) is 0 Å². The molecule has 1 aromatic heterocycles. The molecular weight excluding hydrogens is 372 g/mol. The molecule has 0 spiro atoms. The van der Waals surface area contributed by atoms with Gasteiger partial charge in [-0.25, -0.2) is 0 Å². The lowest BCUT2D eigenvalue weighted by atomic mass is 9.93. The van der Waals surface area contributed by atoms with Gasteiger partial charge in [-0.15, -0.1) is 17.1 Å². The number of hydrogen-bond donors (Lipinski definition) is 0. The molecule has 0 aliphatic heterocycles. The van der Waals surface area contributed by atoms with E-state index in [9.17, 15) is 0 Å². The Bertz CT molecular complexity index is 1150. The Morgan fingerprint density at radius 3 is 2.90 bits per heavy atom. The summed E-state index contributed by atoms with van der Waals surface area (Å²) in [5.41, 5.74) is 11.4. The van der Waals surface area contributed by atoms with Crippen LogP contribution in [0, 0.1) is 6.92 Å². The molecule has 0 unspecified atom stereocenters. The Morgan fingerprint density at radius 1 is 1.24 bits per heavy atom. The molecule has 2 heteroatoms. The van der Waals surface area contributed by atoms with Crippen LogP contribution < -0.4 is 4.74 Å². The van der Waals surface area contributed by atoms with E-state index in [0.29, 0.717) is 0 Å². The van der Waals surface area contributed by atoms with Crippen LogP contribution in [0.3, 0.4) is 0 Å². The molecule has 0 N–H and O–H groups in total. The van der Waals surface area contributed by atoms with Gasteiger partial charge < -0.3 is 4.74 Å². The summed E-state index contributed by atoms with van der Waals surface area (Å²) in [4.78, 5) is 1.21. The second-order valence-corrected chi connectivity index (χ2v) is 8.12. The van der Waals surface area contributed by atoms with Gasteiger partial charge in [0.1, 0.15) is 5.75 Å². The van der Waals surface area contributed by atoms with Crippen LogP contribution in [0.1, 0.15) is 35.7 Å². The van der Waals surface area contributed by atoms with Crippen molar-refractivity contribution in [3.05, 3.63) is 100 Å². The minimum absolute atomic E-state index is 0. The third-order valence-corrected chi connectivity index (χ3v) is 6.16. The quantitative estimate of drug-likeness (QED) is 0.314. The van der Waals surface area contributed by atoms with E-state index >= 15 is 0 Å². The molecule has 1 nitrogen and oxygen atoms in total. The molecule has 0 radical (unpaired) electrons. The van der Waals surface area contributed by atoms with Crippen molar-refractivity contribution in [3.63, 3.8) is 0 Å². The van der Waals surface area contributed by atoms with Gasteiger partial charge in [-0.1, -0.05) is 43.0 Å². The average Bonchev–Trinajstić information content (AvgIpc) is 3.28. The minimum Gasteiger partial charge on any atom is -0.496 e. The molecule has 1 aliphatic carbocycles. The second-order valence-electron chi connectivity index (χ2n) is 7.17. The average molecular weight is 399 g/mol. The number of allylic oxidation sites excluding steroid dienone is 3. The monoisotopic (exact) mass is 398 g/mol. The van der Waals surface area contributed by atoms with E-state index in [2.05, 4.69) is 91.4 Å². The number of aryl methyl sites for hydroxylation is 2. The molecule has 0 atom stereocenters. The van der Waals surface area contributed by atoms with E-state index in [1.54, 1.807) is 18.4 Å². The van der Waals surface area contributed by atoms with Crippen LogP contribution >= 0.6 is 11.3 Å². The van der Waals surface area contributed by atoms with Crippen LogP contribution in [-0.2, 0) is 6.42 Å². The van der Waals surface area contributed by atoms with Crippen LogP contribution in [-0.4, -0.2) is 7.11 Å². The van der Waals surface area contributed by atoms with E-state index in [0.717, 1.165) is 46.4 Å². The predicted molar refractivity (Wildman–Crippen MR) is 129 cm³/mol. The summed E-state index contributed by atoms with van der Waals surface area (Å²) in [7, 11) is 1.73. The molecule has 0 bridgehead atoms. The zero-order valence-electron chi connectivity index (χ0n) is 16.9. The van der Waals surface area contributed by atoms with Crippen LogP contribution in [0.15, 0.2) is 72.3 Å². The number of hydrogen-bond acceptors (Lipinski definition) is 2. The minimum atomic E-state index is 0. The maximum atomic E-state index is 5.67. The van der Waals surface area contributed by atoms with Crippen molar-refractivity contribution in [2.75, 3.05) is 7.11 Å². The van der Waals surface area contributed by atoms with Crippen molar-refractivity contribution in [1.29, 1.82) is 0 Å². The molecule has 2 aromatic carbocycles. The lowest BCUT2D eigenvalue weighted by Crippen LogP contribution is -1.95. The summed E-state index contributed by atoms with van der Waals surface area (Å²) in [5.74, 6) is 0.936. The van der Waals surface area contributed by atoms with E-state index in [1.807, 2.05) is 0 Å². The topological polar surface area (TPSA) is 9.23 Å². The summed E-state index contributed by atoms with van der Waals surface area (Å²) in [6, 6.07) is 15.2.